The summed E-state index contributed by atoms with van der Waals surface area (Å²) in [6.45, 7) is 1.25. The van der Waals surface area contributed by atoms with E-state index in [1.807, 2.05) is 29.2 Å². The molecular weight excluding hydrogens is 460 g/mol. The molecule has 0 atom stereocenters. The van der Waals surface area contributed by atoms with Gasteiger partial charge in [0.25, 0.3) is 11.5 Å². The highest BCUT2D eigenvalue weighted by atomic mass is 16.5. The number of ether oxygens (including phenoxy) is 2. The maximum absolute atomic E-state index is 13.1. The number of hydrogen-bond acceptors (Lipinski definition) is 6. The molecule has 2 heterocycles. The van der Waals surface area contributed by atoms with E-state index in [1.54, 1.807) is 18.3 Å². The first-order chi connectivity index (χ1) is 17.5. The van der Waals surface area contributed by atoms with Crippen LogP contribution in [0, 0.1) is 5.92 Å². The van der Waals surface area contributed by atoms with Gasteiger partial charge in [-0.3, -0.25) is 14.4 Å². The molecule has 1 aliphatic heterocycles. The van der Waals surface area contributed by atoms with Crippen molar-refractivity contribution < 1.29 is 19.1 Å². The quantitative estimate of drug-likeness (QED) is 0.546. The zero-order valence-electron chi connectivity index (χ0n) is 20.5. The van der Waals surface area contributed by atoms with E-state index in [0.29, 0.717) is 34.7 Å². The lowest BCUT2D eigenvalue weighted by Gasteiger charge is -2.31. The molecule has 0 unspecified atom stereocenters. The van der Waals surface area contributed by atoms with Gasteiger partial charge in [0.05, 0.1) is 25.8 Å². The molecule has 5 rings (SSSR count). The Morgan fingerprint density at radius 1 is 1.06 bits per heavy atom. The molecule has 1 fully saturated rings. The summed E-state index contributed by atoms with van der Waals surface area (Å²) < 4.78 is 11.9. The van der Waals surface area contributed by atoms with E-state index in [-0.39, 0.29) is 24.4 Å². The Morgan fingerprint density at radius 3 is 2.56 bits per heavy atom. The zero-order chi connectivity index (χ0) is 25.2. The summed E-state index contributed by atoms with van der Waals surface area (Å²) in [5.74, 6) is 1.06. The number of hydrogen-bond donors (Lipinski definition) is 1. The van der Waals surface area contributed by atoms with Gasteiger partial charge in [-0.1, -0.05) is 18.2 Å². The summed E-state index contributed by atoms with van der Waals surface area (Å²) in [7, 11) is 2.98. The molecule has 1 N–H and O–H groups in total. The summed E-state index contributed by atoms with van der Waals surface area (Å²) in [6, 6.07) is 11.3. The van der Waals surface area contributed by atoms with E-state index in [0.717, 1.165) is 48.0 Å². The summed E-state index contributed by atoms with van der Waals surface area (Å²) in [5.41, 5.74) is 1.50. The second kappa shape index (κ2) is 10.0. The van der Waals surface area contributed by atoms with E-state index in [2.05, 4.69) is 10.4 Å². The average Bonchev–Trinajstić information content (AvgIpc) is 3.21. The van der Waals surface area contributed by atoms with Crippen molar-refractivity contribution in [2.45, 2.75) is 44.8 Å². The molecule has 9 nitrogen and oxygen atoms in total. The Kier molecular flexibility index (Phi) is 6.63. The van der Waals surface area contributed by atoms with Crippen LogP contribution in [0.15, 0.2) is 47.4 Å². The number of fused-ring (bicyclic) bond motifs is 2. The van der Waals surface area contributed by atoms with Crippen molar-refractivity contribution >= 4 is 22.6 Å². The molecule has 0 radical (unpaired) electrons. The van der Waals surface area contributed by atoms with E-state index in [1.165, 1.54) is 14.2 Å². The van der Waals surface area contributed by atoms with Crippen LogP contribution in [-0.4, -0.2) is 53.3 Å². The lowest BCUT2D eigenvalue weighted by molar-refractivity contribution is -0.122. The molecule has 0 saturated heterocycles. The fourth-order valence-electron chi connectivity index (χ4n) is 5.37. The van der Waals surface area contributed by atoms with Gasteiger partial charge in [0.15, 0.2) is 11.5 Å². The Balaban J connectivity index is 1.17. The number of carbonyl (C=O) groups is 2. The molecule has 188 valence electrons. The van der Waals surface area contributed by atoms with Gasteiger partial charge in [-0.15, -0.1) is 0 Å². The Labute approximate surface area is 209 Å². The number of carbonyl (C=O) groups excluding carboxylic acids is 2. The van der Waals surface area contributed by atoms with Crippen LogP contribution in [0.2, 0.25) is 0 Å². The van der Waals surface area contributed by atoms with Crippen molar-refractivity contribution in [3.8, 4) is 11.5 Å². The Hall–Kier alpha value is -3.88. The molecule has 1 aliphatic carbocycles. The zero-order valence-corrected chi connectivity index (χ0v) is 20.5. The van der Waals surface area contributed by atoms with Crippen molar-refractivity contribution in [1.82, 2.24) is 20.0 Å². The molecule has 1 saturated carbocycles. The summed E-state index contributed by atoms with van der Waals surface area (Å²) in [5, 5.41) is 8.18. The van der Waals surface area contributed by atoms with Crippen LogP contribution in [-0.2, 0) is 17.9 Å². The lowest BCUT2D eigenvalue weighted by Crippen LogP contribution is -2.42. The molecule has 3 aromatic rings. The number of nitrogens with one attached hydrogen (secondary N) is 1. The number of benzene rings is 2. The average molecular weight is 491 g/mol. The van der Waals surface area contributed by atoms with Gasteiger partial charge in [-0.2, -0.15) is 5.10 Å². The largest absolute Gasteiger partial charge is 0.493 e. The second-order valence-corrected chi connectivity index (χ2v) is 9.50. The molecule has 2 aromatic carbocycles. The third-order valence-electron chi connectivity index (χ3n) is 7.24. The predicted molar refractivity (Wildman–Crippen MR) is 134 cm³/mol. The highest BCUT2D eigenvalue weighted by Gasteiger charge is 2.31. The number of amides is 2. The second-order valence-electron chi connectivity index (χ2n) is 9.50. The van der Waals surface area contributed by atoms with E-state index < -0.39 is 5.56 Å². The van der Waals surface area contributed by atoms with Gasteiger partial charge in [0.1, 0.15) is 6.54 Å². The van der Waals surface area contributed by atoms with Crippen molar-refractivity contribution in [1.29, 1.82) is 0 Å². The van der Waals surface area contributed by atoms with Crippen molar-refractivity contribution in [2.24, 2.45) is 5.92 Å². The molecule has 2 amide bonds. The smallest absolute Gasteiger partial charge is 0.279 e. The first kappa shape index (κ1) is 23.8. The normalized spacial score (nSPS) is 19.3. The van der Waals surface area contributed by atoms with Gasteiger partial charge < -0.3 is 19.7 Å². The van der Waals surface area contributed by atoms with Gasteiger partial charge in [-0.25, -0.2) is 4.68 Å². The topological polar surface area (TPSA) is 103 Å². The predicted octanol–water partition coefficient (Wildman–Crippen LogP) is 2.74. The van der Waals surface area contributed by atoms with Crippen LogP contribution >= 0.6 is 0 Å². The minimum atomic E-state index is -0.404. The maximum atomic E-state index is 13.1. The van der Waals surface area contributed by atoms with Crippen molar-refractivity contribution in [2.75, 3.05) is 20.8 Å². The first-order valence-electron chi connectivity index (χ1n) is 12.3. The summed E-state index contributed by atoms with van der Waals surface area (Å²) in [4.78, 5) is 40.4. The molecule has 9 heteroatoms. The Bertz CT molecular complexity index is 1360. The SMILES string of the molecule is COc1ccc2cnn(CC(=O)NC3CCC(CN4Cc5ccccc5C4=O)CC3)c(=O)c2c1OC. The highest BCUT2D eigenvalue weighted by Crippen LogP contribution is 2.33. The van der Waals surface area contributed by atoms with Crippen molar-refractivity contribution in [3.05, 3.63) is 64.1 Å². The Morgan fingerprint density at radius 2 is 1.83 bits per heavy atom. The van der Waals surface area contributed by atoms with Crippen LogP contribution in [0.25, 0.3) is 10.8 Å². The van der Waals surface area contributed by atoms with Crippen molar-refractivity contribution in [3.63, 3.8) is 0 Å². The summed E-state index contributed by atoms with van der Waals surface area (Å²) >= 11 is 0. The standard InChI is InChI=1S/C27H30N4O5/c1-35-22-12-9-18-13-28-31(27(34)24(18)25(22)36-2)16-23(32)29-20-10-7-17(8-11-20)14-30-15-19-5-3-4-6-21(19)26(30)33/h3-6,9,12-13,17,20H,7-8,10-11,14-16H2,1-2H3,(H,29,32). The van der Waals surface area contributed by atoms with Gasteiger partial charge in [0.2, 0.25) is 5.91 Å². The fourth-order valence-corrected chi connectivity index (χ4v) is 5.37. The van der Waals surface area contributed by atoms with Crippen LogP contribution in [0.3, 0.4) is 0 Å². The molecular formula is C27H30N4O5. The third-order valence-corrected chi connectivity index (χ3v) is 7.24. The number of rotatable bonds is 7. The molecule has 0 spiro atoms. The highest BCUT2D eigenvalue weighted by molar-refractivity contribution is 5.98. The fraction of sp³-hybridized carbons (Fsp3) is 0.407. The number of methoxy groups -OCH3 is 2. The number of aromatic nitrogens is 2. The van der Waals surface area contributed by atoms with Gasteiger partial charge in [0, 0.05) is 30.1 Å². The minimum absolute atomic E-state index is 0.0472. The lowest BCUT2D eigenvalue weighted by atomic mass is 9.85. The van der Waals surface area contributed by atoms with Crippen LogP contribution in [0.4, 0.5) is 0 Å². The van der Waals surface area contributed by atoms with E-state index in [9.17, 15) is 14.4 Å². The molecule has 0 bridgehead atoms. The van der Waals surface area contributed by atoms with Gasteiger partial charge >= 0.3 is 0 Å². The molecule has 36 heavy (non-hydrogen) atoms. The summed E-state index contributed by atoms with van der Waals surface area (Å²) in [6.07, 6.45) is 5.12. The van der Waals surface area contributed by atoms with Crippen LogP contribution in [0.1, 0.15) is 41.6 Å². The van der Waals surface area contributed by atoms with Gasteiger partial charge in [-0.05, 0) is 55.4 Å². The van der Waals surface area contributed by atoms with E-state index in [4.69, 9.17) is 9.47 Å². The number of nitrogens with zero attached hydrogens (tertiary/aromatic N) is 3. The minimum Gasteiger partial charge on any atom is -0.493 e. The third kappa shape index (κ3) is 4.53. The van der Waals surface area contributed by atoms with E-state index >= 15 is 0 Å². The first-order valence-corrected chi connectivity index (χ1v) is 12.3. The van der Waals surface area contributed by atoms with Crippen LogP contribution in [0.5, 0.6) is 11.5 Å². The maximum Gasteiger partial charge on any atom is 0.279 e. The molecule has 2 aliphatic rings. The monoisotopic (exact) mass is 490 g/mol. The van der Waals surface area contributed by atoms with Crippen LogP contribution < -0.4 is 20.3 Å². The molecule has 1 aromatic heterocycles.